The normalized spacial score (nSPS) is 18.2. The van der Waals surface area contributed by atoms with Crippen LogP contribution in [-0.4, -0.2) is 45.3 Å². The minimum absolute atomic E-state index is 0.0791. The second kappa shape index (κ2) is 7.26. The van der Waals surface area contributed by atoms with Crippen molar-refractivity contribution in [1.82, 2.24) is 0 Å². The Bertz CT molecular complexity index is 118. The Kier molecular flexibility index (Phi) is 7.17. The van der Waals surface area contributed by atoms with Crippen LogP contribution < -0.4 is 0 Å². The van der Waals surface area contributed by atoms with Gasteiger partial charge in [-0.2, -0.15) is 0 Å². The minimum atomic E-state index is -0.684. The summed E-state index contributed by atoms with van der Waals surface area (Å²) in [6.45, 7) is 1.76. The van der Waals surface area contributed by atoms with Gasteiger partial charge in [-0.25, -0.2) is 0 Å². The van der Waals surface area contributed by atoms with Gasteiger partial charge in [-0.05, 0) is 25.7 Å². The topological polar surface area (TPSA) is 80.9 Å². The van der Waals surface area contributed by atoms with E-state index in [1.165, 1.54) is 0 Å². The molecule has 0 aromatic carbocycles. The zero-order valence-corrected chi connectivity index (χ0v) is 8.06. The third kappa shape index (κ3) is 6.95. The molecule has 0 aromatic heterocycles. The van der Waals surface area contributed by atoms with Crippen molar-refractivity contribution in [3.63, 3.8) is 0 Å². The van der Waals surface area contributed by atoms with Gasteiger partial charge in [-0.1, -0.05) is 6.92 Å². The van der Waals surface area contributed by atoms with Crippen molar-refractivity contribution in [3.8, 4) is 0 Å². The van der Waals surface area contributed by atoms with Crippen molar-refractivity contribution < 1.29 is 20.4 Å². The average molecular weight is 192 g/mol. The maximum Gasteiger partial charge on any atom is 0.0589 e. The molecule has 0 bridgehead atoms. The highest BCUT2D eigenvalue weighted by molar-refractivity contribution is 4.66. The fraction of sp³-hybridized carbons (Fsp3) is 1.00. The van der Waals surface area contributed by atoms with E-state index in [1.807, 2.05) is 6.92 Å². The smallest absolute Gasteiger partial charge is 0.0589 e. The van der Waals surface area contributed by atoms with Gasteiger partial charge < -0.3 is 20.4 Å². The number of aliphatic hydroxyl groups is 4. The van der Waals surface area contributed by atoms with Crippen LogP contribution in [0.1, 0.15) is 32.6 Å². The summed E-state index contributed by atoms with van der Waals surface area (Å²) >= 11 is 0. The molecule has 0 aliphatic carbocycles. The van der Waals surface area contributed by atoms with Gasteiger partial charge in [0.05, 0.1) is 18.3 Å². The van der Waals surface area contributed by atoms with Crippen LogP contribution in [0.4, 0.5) is 0 Å². The van der Waals surface area contributed by atoms with Gasteiger partial charge in [0, 0.05) is 6.61 Å². The van der Waals surface area contributed by atoms with Gasteiger partial charge in [0.1, 0.15) is 0 Å². The predicted octanol–water partition coefficient (Wildman–Crippen LogP) is -0.358. The molecule has 0 heterocycles. The van der Waals surface area contributed by atoms with Gasteiger partial charge in [-0.3, -0.25) is 0 Å². The lowest BCUT2D eigenvalue weighted by molar-refractivity contribution is 0.0311. The molecule has 0 fully saturated rings. The lowest BCUT2D eigenvalue weighted by Gasteiger charge is -2.17. The first-order valence-electron chi connectivity index (χ1n) is 4.75. The monoisotopic (exact) mass is 192 g/mol. The van der Waals surface area contributed by atoms with Crippen LogP contribution in [0.5, 0.6) is 0 Å². The van der Waals surface area contributed by atoms with Crippen LogP contribution in [0, 0.1) is 0 Å². The summed E-state index contributed by atoms with van der Waals surface area (Å²) in [4.78, 5) is 0. The van der Waals surface area contributed by atoms with Gasteiger partial charge in [-0.15, -0.1) is 0 Å². The first-order valence-corrected chi connectivity index (χ1v) is 4.75. The van der Waals surface area contributed by atoms with Crippen LogP contribution in [0.25, 0.3) is 0 Å². The number of hydrogen-bond acceptors (Lipinski definition) is 4. The molecule has 0 saturated heterocycles. The van der Waals surface area contributed by atoms with E-state index < -0.39 is 18.3 Å². The third-order valence-corrected chi connectivity index (χ3v) is 2.02. The SMILES string of the molecule is CCC(O)CC(O)CC(O)CCO. The number of hydrogen-bond donors (Lipinski definition) is 4. The second-order valence-electron chi connectivity index (χ2n) is 3.35. The molecule has 0 amide bonds. The first kappa shape index (κ1) is 12.8. The average Bonchev–Trinajstić information content (AvgIpc) is 2.04. The van der Waals surface area contributed by atoms with E-state index in [4.69, 9.17) is 5.11 Å². The molecule has 4 heteroatoms. The molecular formula is C9H20O4. The molecular weight excluding hydrogens is 172 g/mol. The molecule has 4 nitrogen and oxygen atoms in total. The Hall–Kier alpha value is -0.160. The summed E-state index contributed by atoms with van der Waals surface area (Å²) in [5, 5.41) is 36.2. The summed E-state index contributed by atoms with van der Waals surface area (Å²) in [6.07, 6.45) is -0.472. The lowest BCUT2D eigenvalue weighted by atomic mass is 10.0. The summed E-state index contributed by atoms with van der Waals surface area (Å²) < 4.78 is 0. The van der Waals surface area contributed by atoms with Crippen molar-refractivity contribution >= 4 is 0 Å². The van der Waals surface area contributed by atoms with E-state index in [0.717, 1.165) is 0 Å². The molecule has 13 heavy (non-hydrogen) atoms. The highest BCUT2D eigenvalue weighted by Gasteiger charge is 2.14. The van der Waals surface area contributed by atoms with Crippen LogP contribution in [0.3, 0.4) is 0 Å². The molecule has 0 aliphatic rings. The lowest BCUT2D eigenvalue weighted by Crippen LogP contribution is -2.23. The molecule has 3 atom stereocenters. The van der Waals surface area contributed by atoms with E-state index in [-0.39, 0.29) is 19.4 Å². The van der Waals surface area contributed by atoms with E-state index in [9.17, 15) is 15.3 Å². The molecule has 0 aromatic rings. The summed E-state index contributed by atoms with van der Waals surface area (Å²) in [7, 11) is 0. The van der Waals surface area contributed by atoms with E-state index in [0.29, 0.717) is 12.8 Å². The molecule has 0 saturated carbocycles. The molecule has 0 spiro atoms. The molecule has 4 N–H and O–H groups in total. The fourth-order valence-corrected chi connectivity index (χ4v) is 1.16. The van der Waals surface area contributed by atoms with E-state index >= 15 is 0 Å². The van der Waals surface area contributed by atoms with Gasteiger partial charge in [0.25, 0.3) is 0 Å². The van der Waals surface area contributed by atoms with Crippen LogP contribution in [-0.2, 0) is 0 Å². The number of aliphatic hydroxyl groups excluding tert-OH is 4. The highest BCUT2D eigenvalue weighted by Crippen LogP contribution is 2.09. The first-order chi connectivity index (χ1) is 6.10. The van der Waals surface area contributed by atoms with Crippen molar-refractivity contribution in [2.24, 2.45) is 0 Å². The van der Waals surface area contributed by atoms with E-state index in [2.05, 4.69) is 0 Å². The zero-order valence-electron chi connectivity index (χ0n) is 8.06. The maximum absolute atomic E-state index is 9.35. The largest absolute Gasteiger partial charge is 0.396 e. The van der Waals surface area contributed by atoms with E-state index in [1.54, 1.807) is 0 Å². The van der Waals surface area contributed by atoms with Gasteiger partial charge in [0.2, 0.25) is 0 Å². The van der Waals surface area contributed by atoms with Crippen molar-refractivity contribution in [1.29, 1.82) is 0 Å². The van der Waals surface area contributed by atoms with Crippen LogP contribution in [0.15, 0.2) is 0 Å². The van der Waals surface area contributed by atoms with Crippen molar-refractivity contribution in [2.75, 3.05) is 6.61 Å². The second-order valence-corrected chi connectivity index (χ2v) is 3.35. The fourth-order valence-electron chi connectivity index (χ4n) is 1.16. The van der Waals surface area contributed by atoms with Crippen molar-refractivity contribution in [3.05, 3.63) is 0 Å². The van der Waals surface area contributed by atoms with Gasteiger partial charge in [0.15, 0.2) is 0 Å². The third-order valence-electron chi connectivity index (χ3n) is 2.02. The van der Waals surface area contributed by atoms with Crippen LogP contribution >= 0.6 is 0 Å². The minimum Gasteiger partial charge on any atom is -0.396 e. The summed E-state index contributed by atoms with van der Waals surface area (Å²) in [5.41, 5.74) is 0. The maximum atomic E-state index is 9.35. The molecule has 3 unspecified atom stereocenters. The predicted molar refractivity (Wildman–Crippen MR) is 49.2 cm³/mol. The Morgan fingerprint density at radius 2 is 1.46 bits per heavy atom. The summed E-state index contributed by atoms with van der Waals surface area (Å²) in [6, 6.07) is 0. The van der Waals surface area contributed by atoms with Gasteiger partial charge >= 0.3 is 0 Å². The highest BCUT2D eigenvalue weighted by atomic mass is 16.3. The number of rotatable bonds is 7. The Labute approximate surface area is 78.8 Å². The molecule has 0 radical (unpaired) electrons. The molecule has 0 rings (SSSR count). The molecule has 80 valence electrons. The standard InChI is InChI=1S/C9H20O4/c1-2-7(11)5-9(13)6-8(12)3-4-10/h7-13H,2-6H2,1H3. The van der Waals surface area contributed by atoms with Crippen molar-refractivity contribution in [2.45, 2.75) is 50.9 Å². The Morgan fingerprint density at radius 1 is 0.923 bits per heavy atom. The summed E-state index contributed by atoms with van der Waals surface area (Å²) in [5.74, 6) is 0. The molecule has 0 aliphatic heterocycles. The zero-order chi connectivity index (χ0) is 10.3. The Balaban J connectivity index is 3.54. The van der Waals surface area contributed by atoms with Crippen LogP contribution in [0.2, 0.25) is 0 Å². The quantitative estimate of drug-likeness (QED) is 0.444. The Morgan fingerprint density at radius 3 is 1.92 bits per heavy atom.